The molecule has 1 heterocycles. The molecule has 0 fully saturated rings. The average molecular weight is 262 g/mol. The first kappa shape index (κ1) is 13.2. The SMILES string of the molecule is CCNCCc1sc(CO)nc1-c1ccccc1. The van der Waals surface area contributed by atoms with Gasteiger partial charge in [0.1, 0.15) is 5.01 Å². The molecule has 2 N–H and O–H groups in total. The lowest BCUT2D eigenvalue weighted by atomic mass is 10.1. The Balaban J connectivity index is 2.24. The molecular weight excluding hydrogens is 244 g/mol. The fourth-order valence-electron chi connectivity index (χ4n) is 1.84. The number of nitrogens with one attached hydrogen (secondary N) is 1. The zero-order valence-corrected chi connectivity index (χ0v) is 11.3. The zero-order valence-electron chi connectivity index (χ0n) is 10.5. The Morgan fingerprint density at radius 1 is 1.28 bits per heavy atom. The zero-order chi connectivity index (χ0) is 12.8. The van der Waals surface area contributed by atoms with Crippen LogP contribution in [0.4, 0.5) is 0 Å². The highest BCUT2D eigenvalue weighted by atomic mass is 32.1. The Hall–Kier alpha value is -1.23. The van der Waals surface area contributed by atoms with Gasteiger partial charge in [0.25, 0.3) is 0 Å². The molecular formula is C14H18N2OS. The lowest BCUT2D eigenvalue weighted by Crippen LogP contribution is -2.15. The van der Waals surface area contributed by atoms with Gasteiger partial charge in [0, 0.05) is 17.0 Å². The summed E-state index contributed by atoms with van der Waals surface area (Å²) in [4.78, 5) is 5.76. The molecule has 0 saturated heterocycles. The van der Waals surface area contributed by atoms with E-state index in [2.05, 4.69) is 29.4 Å². The van der Waals surface area contributed by atoms with Gasteiger partial charge in [-0.1, -0.05) is 37.3 Å². The van der Waals surface area contributed by atoms with E-state index in [9.17, 15) is 5.11 Å². The lowest BCUT2D eigenvalue weighted by molar-refractivity contribution is 0.281. The van der Waals surface area contributed by atoms with E-state index in [-0.39, 0.29) is 6.61 Å². The van der Waals surface area contributed by atoms with Crippen LogP contribution in [0.25, 0.3) is 11.3 Å². The minimum Gasteiger partial charge on any atom is -0.389 e. The largest absolute Gasteiger partial charge is 0.389 e. The fourth-order valence-corrected chi connectivity index (χ4v) is 2.79. The van der Waals surface area contributed by atoms with Crippen molar-refractivity contribution in [2.24, 2.45) is 0 Å². The van der Waals surface area contributed by atoms with Gasteiger partial charge in [-0.2, -0.15) is 0 Å². The van der Waals surface area contributed by atoms with E-state index >= 15 is 0 Å². The summed E-state index contributed by atoms with van der Waals surface area (Å²) in [7, 11) is 0. The van der Waals surface area contributed by atoms with Crippen LogP contribution < -0.4 is 5.32 Å². The fraction of sp³-hybridized carbons (Fsp3) is 0.357. The second kappa shape index (κ2) is 6.64. The Labute approximate surface area is 112 Å². The van der Waals surface area contributed by atoms with E-state index in [0.717, 1.165) is 35.8 Å². The molecule has 4 heteroatoms. The molecule has 2 aromatic rings. The second-order valence-corrected chi connectivity index (χ2v) is 5.18. The summed E-state index contributed by atoms with van der Waals surface area (Å²) in [6, 6.07) is 10.2. The number of rotatable bonds is 6. The van der Waals surface area contributed by atoms with Crippen molar-refractivity contribution in [2.45, 2.75) is 20.0 Å². The van der Waals surface area contributed by atoms with Gasteiger partial charge in [0.15, 0.2) is 0 Å². The number of aliphatic hydroxyl groups excluding tert-OH is 1. The summed E-state index contributed by atoms with van der Waals surface area (Å²) in [6.45, 7) is 4.05. The molecule has 0 aliphatic heterocycles. The van der Waals surface area contributed by atoms with Crippen LogP contribution in [0.3, 0.4) is 0 Å². The third kappa shape index (κ3) is 3.16. The van der Waals surface area contributed by atoms with Gasteiger partial charge in [0.2, 0.25) is 0 Å². The van der Waals surface area contributed by atoms with Crippen LogP contribution in [0.1, 0.15) is 16.8 Å². The average Bonchev–Trinajstić information content (AvgIpc) is 2.83. The molecule has 1 aromatic heterocycles. The Bertz CT molecular complexity index is 482. The minimum atomic E-state index is 0.0196. The standard InChI is InChI=1S/C14H18N2OS/c1-2-15-9-8-12-14(16-13(10-17)18-12)11-6-4-3-5-7-11/h3-7,15,17H,2,8-10H2,1H3. The van der Waals surface area contributed by atoms with Gasteiger partial charge in [-0.25, -0.2) is 4.98 Å². The van der Waals surface area contributed by atoms with Crippen molar-refractivity contribution in [1.29, 1.82) is 0 Å². The highest BCUT2D eigenvalue weighted by Gasteiger charge is 2.11. The molecule has 0 bridgehead atoms. The molecule has 0 atom stereocenters. The number of hydrogen-bond donors (Lipinski definition) is 2. The summed E-state index contributed by atoms with van der Waals surface area (Å²) in [5.41, 5.74) is 2.14. The van der Waals surface area contributed by atoms with Crippen LogP contribution in [-0.4, -0.2) is 23.2 Å². The first-order chi connectivity index (χ1) is 8.85. The number of thiazole rings is 1. The minimum absolute atomic E-state index is 0.0196. The third-order valence-electron chi connectivity index (χ3n) is 2.70. The number of benzene rings is 1. The first-order valence-electron chi connectivity index (χ1n) is 6.20. The second-order valence-electron chi connectivity index (χ2n) is 4.01. The summed E-state index contributed by atoms with van der Waals surface area (Å²) in [6.07, 6.45) is 0.954. The molecule has 0 radical (unpaired) electrons. The summed E-state index contributed by atoms with van der Waals surface area (Å²) >= 11 is 1.60. The quantitative estimate of drug-likeness (QED) is 0.786. The maximum absolute atomic E-state index is 9.23. The van der Waals surface area contributed by atoms with Crippen LogP contribution in [0, 0.1) is 0 Å². The molecule has 0 spiro atoms. The van der Waals surface area contributed by atoms with E-state index in [1.807, 2.05) is 18.2 Å². The monoisotopic (exact) mass is 262 g/mol. The molecule has 2 rings (SSSR count). The molecule has 0 aliphatic rings. The van der Waals surface area contributed by atoms with Crippen molar-refractivity contribution < 1.29 is 5.11 Å². The summed E-state index contributed by atoms with van der Waals surface area (Å²) in [5.74, 6) is 0. The highest BCUT2D eigenvalue weighted by Crippen LogP contribution is 2.28. The Morgan fingerprint density at radius 3 is 2.72 bits per heavy atom. The number of nitrogens with zero attached hydrogens (tertiary/aromatic N) is 1. The molecule has 3 nitrogen and oxygen atoms in total. The smallest absolute Gasteiger partial charge is 0.119 e. The summed E-state index contributed by atoms with van der Waals surface area (Å²) in [5, 5.41) is 13.3. The van der Waals surface area contributed by atoms with E-state index in [4.69, 9.17) is 0 Å². The van der Waals surface area contributed by atoms with Crippen LogP contribution >= 0.6 is 11.3 Å². The van der Waals surface area contributed by atoms with Crippen molar-refractivity contribution in [1.82, 2.24) is 10.3 Å². The van der Waals surface area contributed by atoms with E-state index in [0.29, 0.717) is 0 Å². The van der Waals surface area contributed by atoms with Gasteiger partial charge >= 0.3 is 0 Å². The number of aromatic nitrogens is 1. The first-order valence-corrected chi connectivity index (χ1v) is 7.02. The van der Waals surface area contributed by atoms with Gasteiger partial charge in [-0.15, -0.1) is 11.3 Å². The maximum Gasteiger partial charge on any atom is 0.119 e. The molecule has 0 amide bonds. The lowest BCUT2D eigenvalue weighted by Gasteiger charge is -2.03. The number of hydrogen-bond acceptors (Lipinski definition) is 4. The third-order valence-corrected chi connectivity index (χ3v) is 3.80. The van der Waals surface area contributed by atoms with Gasteiger partial charge in [-0.05, 0) is 13.0 Å². The van der Waals surface area contributed by atoms with Crippen LogP contribution in [0.2, 0.25) is 0 Å². The van der Waals surface area contributed by atoms with Crippen molar-refractivity contribution in [3.8, 4) is 11.3 Å². The normalized spacial score (nSPS) is 10.8. The predicted octanol–water partition coefficient (Wildman–Crippen LogP) is 2.45. The molecule has 0 aliphatic carbocycles. The number of likely N-dealkylation sites (N-methyl/N-ethyl adjacent to an activating group) is 1. The topological polar surface area (TPSA) is 45.1 Å². The molecule has 0 saturated carbocycles. The molecule has 0 unspecified atom stereocenters. The highest BCUT2D eigenvalue weighted by molar-refractivity contribution is 7.12. The molecule has 96 valence electrons. The van der Waals surface area contributed by atoms with Crippen LogP contribution in [0.15, 0.2) is 30.3 Å². The summed E-state index contributed by atoms with van der Waals surface area (Å²) < 4.78 is 0. The molecule has 1 aromatic carbocycles. The Kier molecular flexibility index (Phi) is 4.87. The van der Waals surface area contributed by atoms with Crippen LogP contribution in [-0.2, 0) is 13.0 Å². The number of aliphatic hydroxyl groups is 1. The van der Waals surface area contributed by atoms with Gasteiger partial charge < -0.3 is 10.4 Å². The van der Waals surface area contributed by atoms with Gasteiger partial charge in [-0.3, -0.25) is 0 Å². The Morgan fingerprint density at radius 2 is 2.06 bits per heavy atom. The van der Waals surface area contributed by atoms with E-state index < -0.39 is 0 Å². The van der Waals surface area contributed by atoms with Crippen molar-refractivity contribution in [3.05, 3.63) is 40.2 Å². The van der Waals surface area contributed by atoms with E-state index in [1.54, 1.807) is 11.3 Å². The van der Waals surface area contributed by atoms with Crippen molar-refractivity contribution in [3.63, 3.8) is 0 Å². The van der Waals surface area contributed by atoms with Crippen molar-refractivity contribution in [2.75, 3.05) is 13.1 Å². The van der Waals surface area contributed by atoms with E-state index in [1.165, 1.54) is 4.88 Å². The van der Waals surface area contributed by atoms with Crippen LogP contribution in [0.5, 0.6) is 0 Å². The van der Waals surface area contributed by atoms with Crippen molar-refractivity contribution >= 4 is 11.3 Å². The van der Waals surface area contributed by atoms with Gasteiger partial charge in [0.05, 0.1) is 12.3 Å². The maximum atomic E-state index is 9.23. The molecule has 18 heavy (non-hydrogen) atoms. The predicted molar refractivity (Wildman–Crippen MR) is 75.7 cm³/mol.